The molecule has 1 heterocycles. The molecule has 1 N–H and O–H groups in total. The van der Waals surface area contributed by atoms with Crippen LogP contribution in [0.2, 0.25) is 0 Å². The number of aliphatic imine (C=N–C) groups is 1. The highest BCUT2D eigenvalue weighted by atomic mass is 127. The lowest BCUT2D eigenvalue weighted by Crippen LogP contribution is -2.19. The largest absolute Gasteiger partial charge is 0.497 e. The van der Waals surface area contributed by atoms with Crippen molar-refractivity contribution < 1.29 is 14.3 Å². The lowest BCUT2D eigenvalue weighted by molar-refractivity contribution is -0.115. The third-order valence-electron chi connectivity index (χ3n) is 4.68. The first kappa shape index (κ1) is 22.4. The zero-order chi connectivity index (χ0) is 22.5. The molecule has 32 heavy (non-hydrogen) atoms. The molecule has 5 nitrogen and oxygen atoms in total. The summed E-state index contributed by atoms with van der Waals surface area (Å²) in [6, 6.07) is 21.5. The highest BCUT2D eigenvalue weighted by molar-refractivity contribution is 14.1. The lowest BCUT2D eigenvalue weighted by atomic mass is 10.1. The molecule has 3 aromatic carbocycles. The predicted molar refractivity (Wildman–Crippen MR) is 138 cm³/mol. The van der Waals surface area contributed by atoms with E-state index in [1.807, 2.05) is 54.6 Å². The topological polar surface area (TPSA) is 59.9 Å². The van der Waals surface area contributed by atoms with Crippen molar-refractivity contribution in [3.05, 3.63) is 91.9 Å². The van der Waals surface area contributed by atoms with Crippen LogP contribution in [0, 0.1) is 10.5 Å². The van der Waals surface area contributed by atoms with Gasteiger partial charge in [0.1, 0.15) is 18.1 Å². The van der Waals surface area contributed by atoms with Crippen LogP contribution in [0.5, 0.6) is 11.5 Å². The van der Waals surface area contributed by atoms with E-state index in [-0.39, 0.29) is 5.91 Å². The normalized spacial score (nSPS) is 15.8. The minimum absolute atomic E-state index is 0.156. The zero-order valence-electron chi connectivity index (χ0n) is 17.6. The van der Waals surface area contributed by atoms with Gasteiger partial charge in [-0.25, -0.2) is 4.99 Å². The summed E-state index contributed by atoms with van der Waals surface area (Å²) in [6.07, 6.45) is 1.86. The summed E-state index contributed by atoms with van der Waals surface area (Å²) in [7, 11) is 1.62. The fourth-order valence-electron chi connectivity index (χ4n) is 3.09. The molecule has 0 unspecified atom stereocenters. The van der Waals surface area contributed by atoms with E-state index in [2.05, 4.69) is 58.0 Å². The minimum atomic E-state index is -0.156. The van der Waals surface area contributed by atoms with Gasteiger partial charge in [0.2, 0.25) is 0 Å². The second-order valence-electron chi connectivity index (χ2n) is 7.15. The number of nitrogens with zero attached hydrogens (tertiary/aromatic N) is 1. The Hall–Kier alpha value is -2.78. The van der Waals surface area contributed by atoms with Gasteiger partial charge in [0.25, 0.3) is 5.91 Å². The smallest absolute Gasteiger partial charge is 0.264 e. The van der Waals surface area contributed by atoms with Crippen LogP contribution in [-0.2, 0) is 11.4 Å². The van der Waals surface area contributed by atoms with Crippen LogP contribution in [0.1, 0.15) is 16.7 Å². The molecule has 7 heteroatoms. The maximum absolute atomic E-state index is 12.4. The van der Waals surface area contributed by atoms with Gasteiger partial charge in [-0.15, -0.1) is 0 Å². The molecule has 1 aliphatic rings. The number of hydrogen-bond acceptors (Lipinski definition) is 5. The van der Waals surface area contributed by atoms with Gasteiger partial charge < -0.3 is 14.8 Å². The average molecular weight is 556 g/mol. The van der Waals surface area contributed by atoms with Crippen LogP contribution >= 0.6 is 34.4 Å². The SMILES string of the molecule is COc1ccc(N=C2NC(=O)/C(=C\c3ccc(OCc4cccc(C)c4)c(I)c3)S2)cc1. The Morgan fingerprint density at radius 3 is 2.62 bits per heavy atom. The molecule has 0 radical (unpaired) electrons. The van der Waals surface area contributed by atoms with Crippen molar-refractivity contribution in [1.82, 2.24) is 5.32 Å². The molecule has 0 atom stereocenters. The molecular formula is C25H21IN2O3S. The van der Waals surface area contributed by atoms with Crippen molar-refractivity contribution in [2.24, 2.45) is 4.99 Å². The number of halogens is 1. The summed E-state index contributed by atoms with van der Waals surface area (Å²) < 4.78 is 12.1. The van der Waals surface area contributed by atoms with Crippen molar-refractivity contribution in [3.8, 4) is 11.5 Å². The molecule has 0 bridgehead atoms. The van der Waals surface area contributed by atoms with E-state index in [9.17, 15) is 4.79 Å². The van der Waals surface area contributed by atoms with Gasteiger partial charge >= 0.3 is 0 Å². The number of carbonyl (C=O) groups is 1. The van der Waals surface area contributed by atoms with E-state index in [0.717, 1.165) is 31.9 Å². The van der Waals surface area contributed by atoms with E-state index >= 15 is 0 Å². The Balaban J connectivity index is 1.44. The Morgan fingerprint density at radius 1 is 1.09 bits per heavy atom. The lowest BCUT2D eigenvalue weighted by Gasteiger charge is -2.09. The first-order valence-electron chi connectivity index (χ1n) is 9.92. The van der Waals surface area contributed by atoms with Crippen molar-refractivity contribution in [2.75, 3.05) is 7.11 Å². The number of thioether (sulfide) groups is 1. The number of ether oxygens (including phenoxy) is 2. The molecule has 1 fully saturated rings. The highest BCUT2D eigenvalue weighted by Crippen LogP contribution is 2.30. The van der Waals surface area contributed by atoms with Crippen molar-refractivity contribution in [2.45, 2.75) is 13.5 Å². The molecule has 162 valence electrons. The van der Waals surface area contributed by atoms with Gasteiger partial charge in [-0.3, -0.25) is 4.79 Å². The molecule has 4 rings (SSSR count). The summed E-state index contributed by atoms with van der Waals surface area (Å²) in [5, 5.41) is 3.37. The van der Waals surface area contributed by atoms with Crippen LogP contribution in [0.4, 0.5) is 5.69 Å². The Labute approximate surface area is 205 Å². The number of nitrogens with one attached hydrogen (secondary N) is 1. The van der Waals surface area contributed by atoms with E-state index in [4.69, 9.17) is 9.47 Å². The number of amides is 1. The third kappa shape index (κ3) is 5.72. The van der Waals surface area contributed by atoms with Gasteiger partial charge in [0.05, 0.1) is 21.3 Å². The fraction of sp³-hybridized carbons (Fsp3) is 0.120. The van der Waals surface area contributed by atoms with Crippen LogP contribution in [-0.4, -0.2) is 18.2 Å². The standard InChI is InChI=1S/C25H21IN2O3S/c1-16-4-3-5-18(12-16)15-31-22-11-6-17(13-21(22)26)14-23-24(29)28-25(32-23)27-19-7-9-20(30-2)10-8-19/h3-14H,15H2,1-2H3,(H,27,28,29)/b23-14+. The summed E-state index contributed by atoms with van der Waals surface area (Å²) in [5.74, 6) is 1.43. The maximum atomic E-state index is 12.4. The zero-order valence-corrected chi connectivity index (χ0v) is 20.6. The molecule has 3 aromatic rings. The van der Waals surface area contributed by atoms with E-state index in [0.29, 0.717) is 16.7 Å². The third-order valence-corrected chi connectivity index (χ3v) is 6.44. The summed E-state index contributed by atoms with van der Waals surface area (Å²) in [6.45, 7) is 2.58. The van der Waals surface area contributed by atoms with Gasteiger partial charge in [-0.2, -0.15) is 0 Å². The first-order chi connectivity index (χ1) is 15.5. The van der Waals surface area contributed by atoms with Crippen molar-refractivity contribution in [3.63, 3.8) is 0 Å². The number of hydrogen-bond donors (Lipinski definition) is 1. The number of amidine groups is 1. The second-order valence-corrected chi connectivity index (χ2v) is 9.34. The fourth-order valence-corrected chi connectivity index (χ4v) is 4.63. The summed E-state index contributed by atoms with van der Waals surface area (Å²) >= 11 is 3.58. The molecule has 0 saturated carbocycles. The van der Waals surface area contributed by atoms with Gasteiger partial charge in [-0.1, -0.05) is 35.9 Å². The molecule has 0 aliphatic carbocycles. The molecular weight excluding hydrogens is 535 g/mol. The van der Waals surface area contributed by atoms with Crippen molar-refractivity contribution in [1.29, 1.82) is 0 Å². The summed E-state index contributed by atoms with van der Waals surface area (Å²) in [5.41, 5.74) is 4.03. The Kier molecular flexibility index (Phi) is 7.16. The number of benzene rings is 3. The van der Waals surface area contributed by atoms with Crippen LogP contribution < -0.4 is 14.8 Å². The van der Waals surface area contributed by atoms with E-state index in [1.54, 1.807) is 7.11 Å². The monoisotopic (exact) mass is 556 g/mol. The van der Waals surface area contributed by atoms with E-state index in [1.165, 1.54) is 17.3 Å². The predicted octanol–water partition coefficient (Wildman–Crippen LogP) is 6.08. The summed E-state index contributed by atoms with van der Waals surface area (Å²) in [4.78, 5) is 17.5. The van der Waals surface area contributed by atoms with Crippen LogP contribution in [0.25, 0.3) is 6.08 Å². The first-order valence-corrected chi connectivity index (χ1v) is 11.8. The molecule has 1 saturated heterocycles. The number of rotatable bonds is 6. The van der Waals surface area contributed by atoms with Gasteiger partial charge in [0, 0.05) is 0 Å². The number of methoxy groups -OCH3 is 1. The van der Waals surface area contributed by atoms with Crippen LogP contribution in [0.15, 0.2) is 76.6 Å². The number of aryl methyl sites for hydroxylation is 1. The number of carbonyl (C=O) groups excluding carboxylic acids is 1. The van der Waals surface area contributed by atoms with Gasteiger partial charge in [-0.05, 0) is 94.9 Å². The quantitative estimate of drug-likeness (QED) is 0.296. The Morgan fingerprint density at radius 2 is 1.91 bits per heavy atom. The molecule has 0 aromatic heterocycles. The average Bonchev–Trinajstić information content (AvgIpc) is 3.12. The highest BCUT2D eigenvalue weighted by Gasteiger charge is 2.23. The Bertz CT molecular complexity index is 1210. The second kappa shape index (κ2) is 10.2. The maximum Gasteiger partial charge on any atom is 0.264 e. The molecule has 1 aliphatic heterocycles. The van der Waals surface area contributed by atoms with Gasteiger partial charge in [0.15, 0.2) is 5.17 Å². The molecule has 0 spiro atoms. The molecule has 1 amide bonds. The minimum Gasteiger partial charge on any atom is -0.497 e. The van der Waals surface area contributed by atoms with Crippen LogP contribution in [0.3, 0.4) is 0 Å². The van der Waals surface area contributed by atoms with E-state index < -0.39 is 0 Å². The van der Waals surface area contributed by atoms with Crippen molar-refractivity contribution >= 4 is 57.2 Å².